The molecule has 0 aliphatic rings. The van der Waals surface area contributed by atoms with Crippen LogP contribution >= 0.6 is 0 Å². The van der Waals surface area contributed by atoms with E-state index in [0.717, 1.165) is 28.7 Å². The molecule has 1 heterocycles. The molecule has 24 heavy (non-hydrogen) atoms. The van der Waals surface area contributed by atoms with E-state index in [1.165, 1.54) is 19.1 Å². The van der Waals surface area contributed by atoms with Crippen molar-refractivity contribution >= 4 is 16.6 Å². The summed E-state index contributed by atoms with van der Waals surface area (Å²) in [5.41, 5.74) is -0.213. The van der Waals surface area contributed by atoms with Crippen molar-refractivity contribution in [3.05, 3.63) is 65.9 Å². The SMILES string of the molecule is CC(O)(CNc1ccc2[nH]ccc2c1)c1cccc(C(F)(F)F)c1. The number of hydrogen-bond donors (Lipinski definition) is 3. The summed E-state index contributed by atoms with van der Waals surface area (Å²) in [5.74, 6) is 0. The van der Waals surface area contributed by atoms with E-state index in [-0.39, 0.29) is 12.1 Å². The fraction of sp³-hybridized carbons (Fsp3) is 0.222. The van der Waals surface area contributed by atoms with Crippen LogP contribution in [-0.4, -0.2) is 16.6 Å². The Kier molecular flexibility index (Phi) is 4.01. The number of halogens is 3. The largest absolute Gasteiger partial charge is 0.416 e. The molecule has 2 aromatic carbocycles. The molecule has 0 saturated heterocycles. The summed E-state index contributed by atoms with van der Waals surface area (Å²) in [5, 5.41) is 14.7. The highest BCUT2D eigenvalue weighted by Gasteiger charge is 2.32. The summed E-state index contributed by atoms with van der Waals surface area (Å²) in [7, 11) is 0. The van der Waals surface area contributed by atoms with Crippen LogP contribution in [0.25, 0.3) is 10.9 Å². The quantitative estimate of drug-likeness (QED) is 0.658. The molecule has 0 amide bonds. The Hall–Kier alpha value is -2.47. The molecule has 0 radical (unpaired) electrons. The monoisotopic (exact) mass is 334 g/mol. The maximum absolute atomic E-state index is 12.8. The van der Waals surface area contributed by atoms with Crippen LogP contribution in [0, 0.1) is 0 Å². The van der Waals surface area contributed by atoms with Crippen molar-refractivity contribution in [2.75, 3.05) is 11.9 Å². The van der Waals surface area contributed by atoms with Crippen molar-refractivity contribution in [1.82, 2.24) is 4.98 Å². The van der Waals surface area contributed by atoms with E-state index in [9.17, 15) is 18.3 Å². The summed E-state index contributed by atoms with van der Waals surface area (Å²) in [4.78, 5) is 3.08. The molecule has 1 unspecified atom stereocenters. The number of aliphatic hydroxyl groups is 1. The van der Waals surface area contributed by atoms with Gasteiger partial charge >= 0.3 is 6.18 Å². The fourth-order valence-corrected chi connectivity index (χ4v) is 2.57. The lowest BCUT2D eigenvalue weighted by atomic mass is 9.94. The summed E-state index contributed by atoms with van der Waals surface area (Å²) >= 11 is 0. The highest BCUT2D eigenvalue weighted by molar-refractivity contribution is 5.82. The zero-order valence-electron chi connectivity index (χ0n) is 13.0. The van der Waals surface area contributed by atoms with Crippen LogP contribution < -0.4 is 5.32 Å². The van der Waals surface area contributed by atoms with E-state index in [1.807, 2.05) is 30.5 Å². The Labute approximate surface area is 137 Å². The van der Waals surface area contributed by atoms with E-state index in [2.05, 4.69) is 10.3 Å². The lowest BCUT2D eigenvalue weighted by Crippen LogP contribution is -2.31. The van der Waals surface area contributed by atoms with Gasteiger partial charge in [0.1, 0.15) is 5.60 Å². The van der Waals surface area contributed by atoms with E-state index in [0.29, 0.717) is 0 Å². The lowest BCUT2D eigenvalue weighted by molar-refractivity contribution is -0.137. The van der Waals surface area contributed by atoms with Crippen LogP contribution in [0.5, 0.6) is 0 Å². The lowest BCUT2D eigenvalue weighted by Gasteiger charge is -2.25. The number of alkyl halides is 3. The highest BCUT2D eigenvalue weighted by atomic mass is 19.4. The van der Waals surface area contributed by atoms with E-state index < -0.39 is 17.3 Å². The van der Waals surface area contributed by atoms with Gasteiger partial charge in [-0.15, -0.1) is 0 Å². The first kappa shape index (κ1) is 16.4. The van der Waals surface area contributed by atoms with Crippen LogP contribution in [-0.2, 0) is 11.8 Å². The number of H-pyrrole nitrogens is 1. The molecule has 126 valence electrons. The van der Waals surface area contributed by atoms with Gasteiger partial charge in [-0.2, -0.15) is 13.2 Å². The maximum atomic E-state index is 12.8. The van der Waals surface area contributed by atoms with Gasteiger partial charge in [0.15, 0.2) is 0 Å². The number of nitrogens with one attached hydrogen (secondary N) is 2. The molecule has 0 saturated carbocycles. The molecular weight excluding hydrogens is 317 g/mol. The molecule has 6 heteroatoms. The number of aromatic amines is 1. The minimum absolute atomic E-state index is 0.0875. The second-order valence-corrected chi connectivity index (χ2v) is 5.99. The van der Waals surface area contributed by atoms with Crippen molar-refractivity contribution < 1.29 is 18.3 Å². The third kappa shape index (κ3) is 3.38. The average Bonchev–Trinajstić information content (AvgIpc) is 3.00. The smallest absolute Gasteiger partial charge is 0.384 e. The molecular formula is C18H17F3N2O. The van der Waals surface area contributed by atoms with Gasteiger partial charge in [0, 0.05) is 29.3 Å². The van der Waals surface area contributed by atoms with Crippen molar-refractivity contribution in [2.45, 2.75) is 18.7 Å². The molecule has 1 atom stereocenters. The molecule has 1 aromatic heterocycles. The van der Waals surface area contributed by atoms with Crippen LogP contribution in [0.4, 0.5) is 18.9 Å². The molecule has 3 nitrogen and oxygen atoms in total. The van der Waals surface area contributed by atoms with Crippen LogP contribution in [0.3, 0.4) is 0 Å². The zero-order valence-corrected chi connectivity index (χ0v) is 13.0. The third-order valence-electron chi connectivity index (χ3n) is 4.00. The average molecular weight is 334 g/mol. The molecule has 0 aliphatic heterocycles. The Morgan fingerprint density at radius 3 is 2.54 bits per heavy atom. The van der Waals surface area contributed by atoms with Gasteiger partial charge in [-0.3, -0.25) is 0 Å². The molecule has 0 fully saturated rings. The first-order valence-electron chi connectivity index (χ1n) is 7.47. The van der Waals surface area contributed by atoms with Gasteiger partial charge in [-0.05, 0) is 48.9 Å². The normalized spacial score (nSPS) is 14.5. The number of anilines is 1. The van der Waals surface area contributed by atoms with E-state index in [1.54, 1.807) is 0 Å². The molecule has 0 spiro atoms. The zero-order chi connectivity index (χ0) is 17.4. The Bertz CT molecular complexity index is 853. The molecule has 3 N–H and O–H groups in total. The van der Waals surface area contributed by atoms with Gasteiger partial charge in [-0.25, -0.2) is 0 Å². The summed E-state index contributed by atoms with van der Waals surface area (Å²) in [6, 6.07) is 12.4. The summed E-state index contributed by atoms with van der Waals surface area (Å²) in [6.45, 7) is 1.58. The summed E-state index contributed by atoms with van der Waals surface area (Å²) < 4.78 is 38.5. The Balaban J connectivity index is 1.78. The number of benzene rings is 2. The van der Waals surface area contributed by atoms with Crippen LogP contribution in [0.1, 0.15) is 18.1 Å². The molecule has 3 rings (SSSR count). The second-order valence-electron chi connectivity index (χ2n) is 5.99. The van der Waals surface area contributed by atoms with Crippen molar-refractivity contribution in [3.63, 3.8) is 0 Å². The van der Waals surface area contributed by atoms with Crippen LogP contribution in [0.2, 0.25) is 0 Å². The molecule has 0 aliphatic carbocycles. The summed E-state index contributed by atoms with van der Waals surface area (Å²) in [6.07, 6.45) is -2.61. The predicted molar refractivity (Wildman–Crippen MR) is 87.8 cm³/mol. The number of fused-ring (bicyclic) bond motifs is 1. The maximum Gasteiger partial charge on any atom is 0.416 e. The first-order valence-corrected chi connectivity index (χ1v) is 7.47. The van der Waals surface area contributed by atoms with Crippen molar-refractivity contribution in [1.29, 1.82) is 0 Å². The minimum Gasteiger partial charge on any atom is -0.384 e. The van der Waals surface area contributed by atoms with Gasteiger partial charge < -0.3 is 15.4 Å². The Morgan fingerprint density at radius 1 is 1.04 bits per heavy atom. The van der Waals surface area contributed by atoms with Gasteiger partial charge in [-0.1, -0.05) is 12.1 Å². The van der Waals surface area contributed by atoms with E-state index in [4.69, 9.17) is 0 Å². The van der Waals surface area contributed by atoms with Gasteiger partial charge in [0.05, 0.1) is 5.56 Å². The standard InChI is InChI=1S/C18H17F3N2O/c1-17(24,13-3-2-4-14(10-13)18(19,20)21)11-23-15-5-6-16-12(9-15)7-8-22-16/h2-10,22-24H,11H2,1H3. The predicted octanol–water partition coefficient (Wildman–Crippen LogP) is 4.51. The topological polar surface area (TPSA) is 48.0 Å². The Morgan fingerprint density at radius 2 is 1.79 bits per heavy atom. The van der Waals surface area contributed by atoms with Gasteiger partial charge in [0.25, 0.3) is 0 Å². The number of aromatic nitrogens is 1. The van der Waals surface area contributed by atoms with Crippen LogP contribution in [0.15, 0.2) is 54.7 Å². The van der Waals surface area contributed by atoms with Crippen molar-refractivity contribution in [3.8, 4) is 0 Å². The van der Waals surface area contributed by atoms with E-state index >= 15 is 0 Å². The third-order valence-corrected chi connectivity index (χ3v) is 4.00. The number of rotatable bonds is 4. The van der Waals surface area contributed by atoms with Crippen molar-refractivity contribution in [2.24, 2.45) is 0 Å². The molecule has 0 bridgehead atoms. The van der Waals surface area contributed by atoms with Gasteiger partial charge in [0.2, 0.25) is 0 Å². The first-order chi connectivity index (χ1) is 11.3. The minimum atomic E-state index is -4.43. The molecule has 3 aromatic rings. The number of hydrogen-bond acceptors (Lipinski definition) is 2. The fourth-order valence-electron chi connectivity index (χ4n) is 2.57. The highest BCUT2D eigenvalue weighted by Crippen LogP contribution is 2.32. The second kappa shape index (κ2) is 5.87.